The Bertz CT molecular complexity index is 455. The highest BCUT2D eigenvalue weighted by molar-refractivity contribution is 5.15. The topological polar surface area (TPSA) is 56.7 Å². The van der Waals surface area contributed by atoms with E-state index in [1.165, 1.54) is 44.2 Å². The van der Waals surface area contributed by atoms with Gasteiger partial charge in [-0.3, -0.25) is 0 Å². The SMILES string of the molecule is CCc1c(CN)nnn1C12CC3CC(CC(C3)C1)C2. The second-order valence-corrected chi connectivity index (χ2v) is 7.09. The predicted octanol–water partition coefficient (Wildman–Crippen LogP) is 2.22. The lowest BCUT2D eigenvalue weighted by Gasteiger charge is -2.56. The van der Waals surface area contributed by atoms with E-state index >= 15 is 0 Å². The van der Waals surface area contributed by atoms with Crippen LogP contribution in [0.2, 0.25) is 0 Å². The number of rotatable bonds is 3. The van der Waals surface area contributed by atoms with Crippen molar-refractivity contribution in [2.45, 2.75) is 64.0 Å². The molecule has 4 aliphatic carbocycles. The van der Waals surface area contributed by atoms with Gasteiger partial charge in [0.15, 0.2) is 0 Å². The number of aromatic nitrogens is 3. The molecule has 4 bridgehead atoms. The molecular formula is C15H24N4. The second kappa shape index (κ2) is 4.05. The van der Waals surface area contributed by atoms with E-state index in [1.807, 2.05) is 0 Å². The van der Waals surface area contributed by atoms with Gasteiger partial charge in [-0.25, -0.2) is 4.68 Å². The van der Waals surface area contributed by atoms with Gasteiger partial charge in [-0.2, -0.15) is 0 Å². The average Bonchev–Trinajstić information content (AvgIpc) is 2.80. The van der Waals surface area contributed by atoms with Crippen molar-refractivity contribution in [2.75, 3.05) is 0 Å². The summed E-state index contributed by atoms with van der Waals surface area (Å²) in [4.78, 5) is 0. The molecule has 0 unspecified atom stereocenters. The first-order valence-electron chi connectivity index (χ1n) is 7.88. The van der Waals surface area contributed by atoms with Gasteiger partial charge in [0.2, 0.25) is 0 Å². The molecule has 0 spiro atoms. The normalized spacial score (nSPS) is 40.0. The summed E-state index contributed by atoms with van der Waals surface area (Å²) in [5.41, 5.74) is 8.42. The summed E-state index contributed by atoms with van der Waals surface area (Å²) in [6, 6.07) is 0. The van der Waals surface area contributed by atoms with Gasteiger partial charge in [0, 0.05) is 6.54 Å². The van der Waals surface area contributed by atoms with Gasteiger partial charge in [0.05, 0.1) is 16.9 Å². The quantitative estimate of drug-likeness (QED) is 0.906. The van der Waals surface area contributed by atoms with Gasteiger partial charge in [-0.05, 0) is 62.7 Å². The lowest BCUT2D eigenvalue weighted by atomic mass is 9.53. The summed E-state index contributed by atoms with van der Waals surface area (Å²) in [5, 5.41) is 8.89. The highest BCUT2D eigenvalue weighted by Gasteiger charge is 2.53. The van der Waals surface area contributed by atoms with Crippen LogP contribution in [-0.2, 0) is 18.5 Å². The van der Waals surface area contributed by atoms with Gasteiger partial charge >= 0.3 is 0 Å². The molecule has 1 aromatic rings. The summed E-state index contributed by atoms with van der Waals surface area (Å²) < 4.78 is 2.31. The molecule has 0 aliphatic heterocycles. The Morgan fingerprint density at radius 1 is 1.16 bits per heavy atom. The Kier molecular flexibility index (Phi) is 2.53. The minimum absolute atomic E-state index is 0.292. The molecule has 5 rings (SSSR count). The molecule has 2 N–H and O–H groups in total. The fraction of sp³-hybridized carbons (Fsp3) is 0.867. The van der Waals surface area contributed by atoms with Gasteiger partial charge in [-0.15, -0.1) is 5.10 Å². The maximum Gasteiger partial charge on any atom is 0.0994 e. The molecule has 4 nitrogen and oxygen atoms in total. The summed E-state index contributed by atoms with van der Waals surface area (Å²) in [6.45, 7) is 2.73. The zero-order valence-corrected chi connectivity index (χ0v) is 11.8. The molecule has 4 aliphatic rings. The van der Waals surface area contributed by atoms with Crippen LogP contribution in [0.3, 0.4) is 0 Å². The van der Waals surface area contributed by atoms with E-state index in [-0.39, 0.29) is 0 Å². The van der Waals surface area contributed by atoms with E-state index in [1.54, 1.807) is 0 Å². The average molecular weight is 260 g/mol. The molecule has 104 valence electrons. The number of hydrogen-bond donors (Lipinski definition) is 1. The standard InChI is InChI=1S/C15H24N4/c1-2-14-13(9-16)17-18-19(14)15-6-10-3-11(7-15)5-12(4-10)8-15/h10-12H,2-9,16H2,1H3. The van der Waals surface area contributed by atoms with Crippen molar-refractivity contribution in [1.82, 2.24) is 15.0 Å². The van der Waals surface area contributed by atoms with Crippen LogP contribution >= 0.6 is 0 Å². The van der Waals surface area contributed by atoms with Gasteiger partial charge < -0.3 is 5.73 Å². The van der Waals surface area contributed by atoms with E-state index in [2.05, 4.69) is 21.9 Å². The van der Waals surface area contributed by atoms with Crippen LogP contribution in [0, 0.1) is 17.8 Å². The smallest absolute Gasteiger partial charge is 0.0994 e. The molecule has 4 fully saturated rings. The Balaban J connectivity index is 1.77. The third-order valence-electron chi connectivity index (χ3n) is 5.83. The van der Waals surface area contributed by atoms with Crippen LogP contribution in [0.1, 0.15) is 56.8 Å². The molecule has 0 aromatic carbocycles. The zero-order chi connectivity index (χ0) is 13.0. The number of hydrogen-bond acceptors (Lipinski definition) is 3. The summed E-state index contributed by atoms with van der Waals surface area (Å²) in [5.74, 6) is 2.84. The largest absolute Gasteiger partial charge is 0.325 e. The molecule has 4 heteroatoms. The Hall–Kier alpha value is -0.900. The maximum atomic E-state index is 5.82. The predicted molar refractivity (Wildman–Crippen MR) is 73.4 cm³/mol. The van der Waals surface area contributed by atoms with Crippen molar-refractivity contribution in [1.29, 1.82) is 0 Å². The van der Waals surface area contributed by atoms with Gasteiger partial charge in [0.25, 0.3) is 0 Å². The fourth-order valence-electron chi connectivity index (χ4n) is 5.55. The monoisotopic (exact) mass is 260 g/mol. The summed E-state index contributed by atoms with van der Waals surface area (Å²) in [6.07, 6.45) is 9.41. The van der Waals surface area contributed by atoms with Gasteiger partial charge in [-0.1, -0.05) is 12.1 Å². The minimum Gasteiger partial charge on any atom is -0.325 e. The first-order valence-corrected chi connectivity index (χ1v) is 7.88. The third-order valence-corrected chi connectivity index (χ3v) is 5.83. The molecule has 4 saturated carbocycles. The minimum atomic E-state index is 0.292. The Labute approximate surface area is 114 Å². The van der Waals surface area contributed by atoms with Crippen LogP contribution in [0.5, 0.6) is 0 Å². The van der Waals surface area contributed by atoms with Crippen molar-refractivity contribution < 1.29 is 0 Å². The summed E-state index contributed by atoms with van der Waals surface area (Å²) >= 11 is 0. The van der Waals surface area contributed by atoms with E-state index in [4.69, 9.17) is 5.73 Å². The van der Waals surface area contributed by atoms with E-state index in [9.17, 15) is 0 Å². The van der Waals surface area contributed by atoms with Crippen molar-refractivity contribution in [2.24, 2.45) is 23.5 Å². The lowest BCUT2D eigenvalue weighted by molar-refractivity contribution is -0.0515. The van der Waals surface area contributed by atoms with Crippen LogP contribution in [0.15, 0.2) is 0 Å². The van der Waals surface area contributed by atoms with Gasteiger partial charge in [0.1, 0.15) is 0 Å². The van der Waals surface area contributed by atoms with Crippen molar-refractivity contribution in [3.63, 3.8) is 0 Å². The Morgan fingerprint density at radius 3 is 2.21 bits per heavy atom. The van der Waals surface area contributed by atoms with E-state index in [0.717, 1.165) is 29.9 Å². The van der Waals surface area contributed by atoms with Crippen LogP contribution in [0.25, 0.3) is 0 Å². The molecule has 19 heavy (non-hydrogen) atoms. The van der Waals surface area contributed by atoms with E-state index in [0.29, 0.717) is 12.1 Å². The third kappa shape index (κ3) is 1.62. The van der Waals surface area contributed by atoms with E-state index < -0.39 is 0 Å². The lowest BCUT2D eigenvalue weighted by Crippen LogP contribution is -2.52. The molecule has 0 saturated heterocycles. The van der Waals surface area contributed by atoms with Crippen LogP contribution in [0.4, 0.5) is 0 Å². The fourth-order valence-corrected chi connectivity index (χ4v) is 5.55. The van der Waals surface area contributed by atoms with Crippen LogP contribution < -0.4 is 5.73 Å². The van der Waals surface area contributed by atoms with Crippen molar-refractivity contribution >= 4 is 0 Å². The second-order valence-electron chi connectivity index (χ2n) is 7.09. The maximum absolute atomic E-state index is 5.82. The number of nitrogens with two attached hydrogens (primary N) is 1. The number of nitrogens with zero attached hydrogens (tertiary/aromatic N) is 3. The molecule has 0 amide bonds. The first-order chi connectivity index (χ1) is 9.24. The first kappa shape index (κ1) is 11.9. The molecule has 1 aromatic heterocycles. The zero-order valence-electron chi connectivity index (χ0n) is 11.8. The molecule has 0 atom stereocenters. The van der Waals surface area contributed by atoms with Crippen molar-refractivity contribution in [3.05, 3.63) is 11.4 Å². The Morgan fingerprint density at radius 2 is 1.74 bits per heavy atom. The molecule has 0 radical (unpaired) electrons. The molecular weight excluding hydrogens is 236 g/mol. The highest BCUT2D eigenvalue weighted by Crippen LogP contribution is 2.58. The molecule has 1 heterocycles. The van der Waals surface area contributed by atoms with Crippen LogP contribution in [-0.4, -0.2) is 15.0 Å². The van der Waals surface area contributed by atoms with Crippen molar-refractivity contribution in [3.8, 4) is 0 Å². The summed E-state index contributed by atoms with van der Waals surface area (Å²) in [7, 11) is 0. The highest BCUT2D eigenvalue weighted by atomic mass is 15.5.